The van der Waals surface area contributed by atoms with Gasteiger partial charge in [0, 0.05) is 31.7 Å². The van der Waals surface area contributed by atoms with Crippen LogP contribution in [0, 0.1) is 0 Å². The molecule has 0 bridgehead atoms. The first-order valence-electron chi connectivity index (χ1n) is 10.5. The summed E-state index contributed by atoms with van der Waals surface area (Å²) < 4.78 is 5.54. The van der Waals surface area contributed by atoms with Crippen LogP contribution in [-0.4, -0.2) is 56.1 Å². The molecule has 8 nitrogen and oxygen atoms in total. The van der Waals surface area contributed by atoms with E-state index in [1.807, 2.05) is 48.5 Å². The van der Waals surface area contributed by atoms with Crippen LogP contribution in [0.5, 0.6) is 0 Å². The lowest BCUT2D eigenvalue weighted by Gasteiger charge is -2.36. The molecule has 8 heteroatoms. The van der Waals surface area contributed by atoms with Gasteiger partial charge in [-0.15, -0.1) is 0 Å². The molecular formula is C23H24N6O2. The van der Waals surface area contributed by atoms with Crippen molar-refractivity contribution >= 4 is 10.9 Å². The number of rotatable bonds is 5. The summed E-state index contributed by atoms with van der Waals surface area (Å²) in [5.74, 6) is 1.95. The van der Waals surface area contributed by atoms with Gasteiger partial charge in [0.25, 0.3) is 5.56 Å². The van der Waals surface area contributed by atoms with Crippen molar-refractivity contribution in [3.63, 3.8) is 0 Å². The summed E-state index contributed by atoms with van der Waals surface area (Å²) in [6.07, 6.45) is 0. The maximum atomic E-state index is 12.3. The molecule has 4 aromatic rings. The van der Waals surface area contributed by atoms with Crippen molar-refractivity contribution in [2.75, 3.05) is 26.2 Å². The lowest BCUT2D eigenvalue weighted by atomic mass is 10.2. The zero-order valence-electron chi connectivity index (χ0n) is 17.4. The normalized spacial score (nSPS) is 16.5. The van der Waals surface area contributed by atoms with Crippen molar-refractivity contribution in [2.24, 2.45) is 0 Å². The Morgan fingerprint density at radius 2 is 1.74 bits per heavy atom. The fourth-order valence-corrected chi connectivity index (χ4v) is 4.00. The summed E-state index contributed by atoms with van der Waals surface area (Å²) >= 11 is 0. The summed E-state index contributed by atoms with van der Waals surface area (Å²) in [7, 11) is 0. The number of piperazine rings is 1. The zero-order valence-corrected chi connectivity index (χ0v) is 17.4. The monoisotopic (exact) mass is 416 g/mol. The average molecular weight is 416 g/mol. The van der Waals surface area contributed by atoms with E-state index < -0.39 is 0 Å². The maximum Gasteiger partial charge on any atom is 0.258 e. The average Bonchev–Trinajstić information content (AvgIpc) is 3.30. The molecule has 0 amide bonds. The minimum atomic E-state index is -0.0847. The molecule has 1 aliphatic rings. The summed E-state index contributed by atoms with van der Waals surface area (Å²) in [4.78, 5) is 29.1. The molecule has 0 aliphatic carbocycles. The second kappa shape index (κ2) is 8.41. The molecule has 0 spiro atoms. The van der Waals surface area contributed by atoms with Crippen LogP contribution in [0.2, 0.25) is 0 Å². The van der Waals surface area contributed by atoms with Gasteiger partial charge in [-0.2, -0.15) is 4.98 Å². The molecule has 2 aromatic heterocycles. The topological polar surface area (TPSA) is 91.2 Å². The number of hydrogen-bond acceptors (Lipinski definition) is 7. The Morgan fingerprint density at radius 1 is 1.00 bits per heavy atom. The minimum absolute atomic E-state index is 0.0470. The van der Waals surface area contributed by atoms with Crippen molar-refractivity contribution in [1.29, 1.82) is 0 Å². The van der Waals surface area contributed by atoms with Crippen molar-refractivity contribution in [3.05, 3.63) is 76.7 Å². The molecule has 1 saturated heterocycles. The van der Waals surface area contributed by atoms with Crippen LogP contribution in [-0.2, 0) is 6.54 Å². The van der Waals surface area contributed by atoms with E-state index in [1.54, 1.807) is 6.07 Å². The second-order valence-electron chi connectivity index (χ2n) is 7.84. The van der Waals surface area contributed by atoms with Crippen molar-refractivity contribution < 1.29 is 4.52 Å². The lowest BCUT2D eigenvalue weighted by Crippen LogP contribution is -2.47. The number of H-pyrrole nitrogens is 1. The number of aromatic nitrogens is 4. The third-order valence-electron chi connectivity index (χ3n) is 5.82. The Morgan fingerprint density at radius 3 is 2.55 bits per heavy atom. The van der Waals surface area contributed by atoms with Gasteiger partial charge in [-0.25, -0.2) is 4.98 Å². The highest BCUT2D eigenvalue weighted by Gasteiger charge is 2.26. The smallest absolute Gasteiger partial charge is 0.258 e. The molecule has 158 valence electrons. The number of hydrogen-bond donors (Lipinski definition) is 1. The van der Waals surface area contributed by atoms with Gasteiger partial charge in [-0.1, -0.05) is 47.6 Å². The summed E-state index contributed by atoms with van der Waals surface area (Å²) in [6, 6.07) is 17.3. The van der Waals surface area contributed by atoms with Crippen LogP contribution in [0.4, 0.5) is 0 Å². The summed E-state index contributed by atoms with van der Waals surface area (Å²) in [5, 5.41) is 4.77. The van der Waals surface area contributed by atoms with E-state index >= 15 is 0 Å². The summed E-state index contributed by atoms with van der Waals surface area (Å²) in [6.45, 7) is 6.23. The Kier molecular flexibility index (Phi) is 5.31. The first-order valence-corrected chi connectivity index (χ1v) is 10.5. The van der Waals surface area contributed by atoms with E-state index in [9.17, 15) is 4.79 Å². The number of benzene rings is 2. The van der Waals surface area contributed by atoms with Crippen LogP contribution >= 0.6 is 0 Å². The van der Waals surface area contributed by atoms with Gasteiger partial charge in [0.05, 0.1) is 23.5 Å². The number of nitrogens with one attached hydrogen (secondary N) is 1. The minimum Gasteiger partial charge on any atom is -0.337 e. The van der Waals surface area contributed by atoms with Gasteiger partial charge in [0.2, 0.25) is 11.7 Å². The molecule has 1 atom stereocenters. The highest BCUT2D eigenvalue weighted by Crippen LogP contribution is 2.23. The Labute approximate surface area is 179 Å². The first-order chi connectivity index (χ1) is 15.2. The third-order valence-corrected chi connectivity index (χ3v) is 5.82. The lowest BCUT2D eigenvalue weighted by molar-refractivity contribution is 0.0831. The molecule has 1 aliphatic heterocycles. The number of nitrogens with zero attached hydrogens (tertiary/aromatic N) is 5. The fourth-order valence-electron chi connectivity index (χ4n) is 4.00. The third kappa shape index (κ3) is 4.12. The van der Waals surface area contributed by atoms with Crippen LogP contribution in [0.3, 0.4) is 0 Å². The number of aromatic amines is 1. The standard InChI is InChI=1S/C23H24N6O2/c1-16(23-26-21(27-31-23)17-7-3-2-4-8-17)29-13-11-28(12-14-29)15-20-24-19-10-6-5-9-18(19)22(30)25-20/h2-10,16H,11-15H2,1H3,(H,24,25,30). The number of fused-ring (bicyclic) bond motifs is 1. The second-order valence-corrected chi connectivity index (χ2v) is 7.84. The summed E-state index contributed by atoms with van der Waals surface area (Å²) in [5.41, 5.74) is 1.60. The largest absolute Gasteiger partial charge is 0.337 e. The highest BCUT2D eigenvalue weighted by atomic mass is 16.5. The predicted molar refractivity (Wildman–Crippen MR) is 117 cm³/mol. The fraction of sp³-hybridized carbons (Fsp3) is 0.304. The molecule has 1 unspecified atom stereocenters. The van der Waals surface area contributed by atoms with Gasteiger partial charge >= 0.3 is 0 Å². The molecule has 5 rings (SSSR count). The van der Waals surface area contributed by atoms with E-state index in [0.29, 0.717) is 29.5 Å². The molecule has 31 heavy (non-hydrogen) atoms. The number of para-hydroxylation sites is 1. The SMILES string of the molecule is CC(c1nc(-c2ccccc2)no1)N1CCN(Cc2nc3ccccc3c(=O)[nH]2)CC1. The van der Waals surface area contributed by atoms with Gasteiger partial charge in [-0.05, 0) is 19.1 Å². The van der Waals surface area contributed by atoms with Crippen LogP contribution < -0.4 is 5.56 Å². The van der Waals surface area contributed by atoms with Crippen LogP contribution in [0.25, 0.3) is 22.3 Å². The van der Waals surface area contributed by atoms with Crippen molar-refractivity contribution in [2.45, 2.75) is 19.5 Å². The van der Waals surface area contributed by atoms with Gasteiger partial charge in [-0.3, -0.25) is 14.6 Å². The molecule has 3 heterocycles. The predicted octanol–water partition coefficient (Wildman–Crippen LogP) is 2.85. The molecular weight excluding hydrogens is 392 g/mol. The van der Waals surface area contributed by atoms with E-state index in [1.165, 1.54) is 0 Å². The molecule has 1 N–H and O–H groups in total. The Bertz CT molecular complexity index is 1230. The van der Waals surface area contributed by atoms with Gasteiger partial charge < -0.3 is 9.51 Å². The van der Waals surface area contributed by atoms with Crippen molar-refractivity contribution in [1.82, 2.24) is 29.9 Å². The van der Waals surface area contributed by atoms with Crippen LogP contribution in [0.15, 0.2) is 63.9 Å². The van der Waals surface area contributed by atoms with Gasteiger partial charge in [0.1, 0.15) is 5.82 Å². The zero-order chi connectivity index (χ0) is 21.2. The van der Waals surface area contributed by atoms with Crippen LogP contribution in [0.1, 0.15) is 24.7 Å². The Hall–Kier alpha value is -3.36. The molecule has 0 saturated carbocycles. The molecule has 1 fully saturated rings. The quantitative estimate of drug-likeness (QED) is 0.535. The first kappa shape index (κ1) is 19.6. The van der Waals surface area contributed by atoms with Crippen molar-refractivity contribution in [3.8, 4) is 11.4 Å². The van der Waals surface area contributed by atoms with E-state index in [-0.39, 0.29) is 11.6 Å². The molecule has 2 aromatic carbocycles. The van der Waals surface area contributed by atoms with E-state index in [4.69, 9.17) is 4.52 Å². The Balaban J connectivity index is 1.22. The van der Waals surface area contributed by atoms with E-state index in [2.05, 4.69) is 36.8 Å². The highest BCUT2D eigenvalue weighted by molar-refractivity contribution is 5.77. The maximum absolute atomic E-state index is 12.3. The van der Waals surface area contributed by atoms with Gasteiger partial charge in [0.15, 0.2) is 0 Å². The van der Waals surface area contributed by atoms with E-state index in [0.717, 1.165) is 37.3 Å². The molecule has 0 radical (unpaired) electrons.